The van der Waals surface area contributed by atoms with Crippen LogP contribution in [0.4, 0.5) is 0 Å². The van der Waals surface area contributed by atoms with Gasteiger partial charge in [0.15, 0.2) is 0 Å². The predicted octanol–water partition coefficient (Wildman–Crippen LogP) is 2.91. The van der Waals surface area contributed by atoms with Gasteiger partial charge in [-0.15, -0.1) is 12.4 Å². The quantitative estimate of drug-likeness (QED) is 0.470. The van der Waals surface area contributed by atoms with Crippen LogP contribution in [-0.4, -0.2) is 38.1 Å². The molecule has 2 atom stereocenters. The number of halogens is 1. The Morgan fingerprint density at radius 3 is 2.72 bits per heavy atom. The van der Waals surface area contributed by atoms with Gasteiger partial charge >= 0.3 is 0 Å². The number of β-amino-alcohol motifs (C(OH)–C–C–N with tert-alkyl or cyclic N) is 1. The van der Waals surface area contributed by atoms with Gasteiger partial charge in [-0.05, 0) is 36.2 Å². The minimum absolute atomic E-state index is 0. The van der Waals surface area contributed by atoms with Gasteiger partial charge in [-0.25, -0.2) is 0 Å². The van der Waals surface area contributed by atoms with E-state index in [1.165, 1.54) is 6.07 Å². The third-order valence-electron chi connectivity index (χ3n) is 5.64. The summed E-state index contributed by atoms with van der Waals surface area (Å²) in [6.45, 7) is 1.75. The molecule has 1 fully saturated rings. The van der Waals surface area contributed by atoms with Gasteiger partial charge in [-0.2, -0.15) is 5.10 Å². The number of nitrogens with zero attached hydrogens (tertiary/aromatic N) is 3. The minimum Gasteiger partial charge on any atom is -0.489 e. The summed E-state index contributed by atoms with van der Waals surface area (Å²) in [6.07, 6.45) is 3.99. The Morgan fingerprint density at radius 1 is 1.12 bits per heavy atom. The van der Waals surface area contributed by atoms with E-state index < -0.39 is 0 Å². The van der Waals surface area contributed by atoms with E-state index in [1.807, 2.05) is 59.4 Å². The molecule has 1 unspecified atom stereocenters. The number of ether oxygens (including phenoxy) is 1. The van der Waals surface area contributed by atoms with Crippen molar-refractivity contribution in [1.29, 1.82) is 0 Å². The van der Waals surface area contributed by atoms with Crippen molar-refractivity contribution in [2.45, 2.75) is 31.7 Å². The molecule has 0 saturated carbocycles. The second-order valence-electron chi connectivity index (χ2n) is 7.91. The summed E-state index contributed by atoms with van der Waals surface area (Å²) in [5.74, 6) is 0.547. The van der Waals surface area contributed by atoms with Crippen LogP contribution in [0.2, 0.25) is 0 Å². The third-order valence-corrected chi connectivity index (χ3v) is 5.64. The van der Waals surface area contributed by atoms with Gasteiger partial charge in [-0.1, -0.05) is 30.3 Å². The van der Waals surface area contributed by atoms with Gasteiger partial charge in [0.25, 0.3) is 5.56 Å². The molecular formula is C24H25ClN4O3. The fourth-order valence-corrected chi connectivity index (χ4v) is 4.02. The topological polar surface area (TPSA) is 81.3 Å². The van der Waals surface area contributed by atoms with Gasteiger partial charge < -0.3 is 15.2 Å². The zero-order valence-corrected chi connectivity index (χ0v) is 18.2. The Balaban J connectivity index is 0.00000245. The lowest BCUT2D eigenvalue weighted by atomic mass is 10.2. The first-order chi connectivity index (χ1) is 15.2. The van der Waals surface area contributed by atoms with Crippen LogP contribution in [0, 0.1) is 0 Å². The maximum atomic E-state index is 12.7. The molecule has 2 N–H and O–H groups in total. The number of aliphatic hydroxyl groups excluding tert-OH is 1. The molecule has 0 radical (unpaired) electrons. The second-order valence-corrected chi connectivity index (χ2v) is 7.91. The number of pyridine rings is 1. The SMILES string of the molecule is Cl.O=c1cc(OCc2ccccc2)ccn1-c1ccc2c(cnn2C[C@H]2CC(O)CN2)c1. The monoisotopic (exact) mass is 452 g/mol. The second kappa shape index (κ2) is 9.56. The molecule has 0 aliphatic carbocycles. The zero-order valence-electron chi connectivity index (χ0n) is 17.4. The molecule has 1 saturated heterocycles. The van der Waals surface area contributed by atoms with Crippen LogP contribution >= 0.6 is 12.4 Å². The standard InChI is InChI=1S/C24H24N4O3.ClH/c29-21-11-19(25-14-21)15-28-23-7-6-20(10-18(23)13-26-28)27-9-8-22(12-24(27)30)31-16-17-4-2-1-3-5-17;/h1-10,12-13,19,21,25,29H,11,14-16H2;1H/t19-,21?;/m1./s1. The Bertz CT molecular complexity index is 1260. The third kappa shape index (κ3) is 4.70. The molecule has 0 bridgehead atoms. The van der Waals surface area contributed by atoms with Gasteiger partial charge in [0.1, 0.15) is 12.4 Å². The smallest absolute Gasteiger partial charge is 0.258 e. The van der Waals surface area contributed by atoms with E-state index in [1.54, 1.807) is 16.8 Å². The summed E-state index contributed by atoms with van der Waals surface area (Å²) in [7, 11) is 0. The summed E-state index contributed by atoms with van der Waals surface area (Å²) in [6, 6.07) is 19.2. The summed E-state index contributed by atoms with van der Waals surface area (Å²) >= 11 is 0. The number of hydrogen-bond donors (Lipinski definition) is 2. The Kier molecular flexibility index (Phi) is 6.60. The lowest BCUT2D eigenvalue weighted by Gasteiger charge is -2.12. The number of rotatable bonds is 6. The van der Waals surface area contributed by atoms with Crippen LogP contribution in [-0.2, 0) is 13.2 Å². The number of nitrogens with one attached hydrogen (secondary N) is 1. The Morgan fingerprint density at radius 2 is 1.97 bits per heavy atom. The van der Waals surface area contributed by atoms with Gasteiger partial charge in [0, 0.05) is 35.9 Å². The Labute approximate surface area is 191 Å². The molecule has 5 rings (SSSR count). The fraction of sp³-hybridized carbons (Fsp3) is 0.250. The molecule has 0 amide bonds. The Hall–Kier alpha value is -3.13. The minimum atomic E-state index is -0.287. The van der Waals surface area contributed by atoms with Gasteiger partial charge in [0.2, 0.25) is 0 Å². The van der Waals surface area contributed by atoms with Crippen LogP contribution in [0.5, 0.6) is 5.75 Å². The largest absolute Gasteiger partial charge is 0.489 e. The van der Waals surface area contributed by atoms with Gasteiger partial charge in [-0.3, -0.25) is 14.0 Å². The highest BCUT2D eigenvalue weighted by atomic mass is 35.5. The first-order valence-corrected chi connectivity index (χ1v) is 10.4. The van der Waals surface area contributed by atoms with E-state index in [0.29, 0.717) is 25.4 Å². The van der Waals surface area contributed by atoms with E-state index in [9.17, 15) is 9.90 Å². The molecule has 0 spiro atoms. The van der Waals surface area contributed by atoms with E-state index in [-0.39, 0.29) is 30.1 Å². The van der Waals surface area contributed by atoms with Crippen LogP contribution in [0.3, 0.4) is 0 Å². The van der Waals surface area contributed by atoms with Crippen molar-refractivity contribution in [2.75, 3.05) is 6.54 Å². The summed E-state index contributed by atoms with van der Waals surface area (Å²) in [5.41, 5.74) is 2.68. The first kappa shape index (κ1) is 22.1. The van der Waals surface area contributed by atoms with E-state index in [2.05, 4.69) is 10.4 Å². The predicted molar refractivity (Wildman–Crippen MR) is 126 cm³/mol. The summed E-state index contributed by atoms with van der Waals surface area (Å²) in [4.78, 5) is 12.7. The zero-order chi connectivity index (χ0) is 21.2. The van der Waals surface area contributed by atoms with Crippen molar-refractivity contribution >= 4 is 23.3 Å². The summed E-state index contributed by atoms with van der Waals surface area (Å²) in [5, 5.41) is 18.5. The highest BCUT2D eigenvalue weighted by Crippen LogP contribution is 2.20. The number of aromatic nitrogens is 3. The van der Waals surface area contributed by atoms with Crippen LogP contribution in [0.25, 0.3) is 16.6 Å². The fourth-order valence-electron chi connectivity index (χ4n) is 4.02. The normalized spacial score (nSPS) is 17.9. The average Bonchev–Trinajstić information content (AvgIpc) is 3.38. The highest BCUT2D eigenvalue weighted by Gasteiger charge is 2.23. The molecule has 32 heavy (non-hydrogen) atoms. The molecule has 7 nitrogen and oxygen atoms in total. The molecule has 2 aromatic carbocycles. The maximum absolute atomic E-state index is 12.7. The molecule has 1 aliphatic heterocycles. The molecule has 8 heteroatoms. The van der Waals surface area contributed by atoms with Crippen molar-refractivity contribution < 1.29 is 9.84 Å². The number of hydrogen-bond acceptors (Lipinski definition) is 5. The molecule has 3 heterocycles. The molecule has 166 valence electrons. The molecular weight excluding hydrogens is 428 g/mol. The lowest BCUT2D eigenvalue weighted by molar-refractivity contribution is 0.192. The molecule has 2 aromatic heterocycles. The highest BCUT2D eigenvalue weighted by molar-refractivity contribution is 5.85. The molecule has 1 aliphatic rings. The number of benzene rings is 2. The van der Waals surface area contributed by atoms with Crippen molar-refractivity contribution in [2.24, 2.45) is 0 Å². The first-order valence-electron chi connectivity index (χ1n) is 10.4. The van der Waals surface area contributed by atoms with Gasteiger partial charge in [0.05, 0.1) is 24.4 Å². The van der Waals surface area contributed by atoms with Crippen LogP contribution < -0.4 is 15.6 Å². The van der Waals surface area contributed by atoms with Crippen molar-refractivity contribution in [3.8, 4) is 11.4 Å². The van der Waals surface area contributed by atoms with E-state index in [4.69, 9.17) is 4.74 Å². The van der Waals surface area contributed by atoms with Crippen molar-refractivity contribution in [3.63, 3.8) is 0 Å². The number of aliphatic hydroxyl groups is 1. The van der Waals surface area contributed by atoms with Crippen molar-refractivity contribution in [1.82, 2.24) is 19.7 Å². The van der Waals surface area contributed by atoms with Crippen LogP contribution in [0.1, 0.15) is 12.0 Å². The van der Waals surface area contributed by atoms with E-state index in [0.717, 1.165) is 28.6 Å². The van der Waals surface area contributed by atoms with Crippen molar-refractivity contribution in [3.05, 3.63) is 89.0 Å². The average molecular weight is 453 g/mol. The maximum Gasteiger partial charge on any atom is 0.258 e. The lowest BCUT2D eigenvalue weighted by Crippen LogP contribution is -2.27. The number of fused-ring (bicyclic) bond motifs is 1. The summed E-state index contributed by atoms with van der Waals surface area (Å²) < 4.78 is 9.30. The molecule has 4 aromatic rings. The van der Waals surface area contributed by atoms with E-state index >= 15 is 0 Å². The van der Waals surface area contributed by atoms with Crippen LogP contribution in [0.15, 0.2) is 77.9 Å².